The maximum Gasteiger partial charge on any atom is 0.156 e. The van der Waals surface area contributed by atoms with Crippen LogP contribution in [0.15, 0.2) is 36.4 Å². The number of carbonyl (C=O) groups is 1. The minimum atomic E-state index is 0. The maximum atomic E-state index is 11.6. The van der Waals surface area contributed by atoms with E-state index in [1.54, 1.807) is 6.08 Å². The summed E-state index contributed by atoms with van der Waals surface area (Å²) in [4.78, 5) is 13.6. The Balaban J connectivity index is -0.000000665. The van der Waals surface area contributed by atoms with Crippen molar-refractivity contribution in [3.8, 4) is 0 Å². The van der Waals surface area contributed by atoms with E-state index in [9.17, 15) is 4.79 Å². The van der Waals surface area contributed by atoms with Crippen molar-refractivity contribution in [2.45, 2.75) is 34.1 Å². The second-order valence-corrected chi connectivity index (χ2v) is 3.80. The van der Waals surface area contributed by atoms with E-state index in [1.165, 1.54) is 0 Å². The zero-order valence-electron chi connectivity index (χ0n) is 14.7. The zero-order valence-corrected chi connectivity index (χ0v) is 17.6. The summed E-state index contributed by atoms with van der Waals surface area (Å²) >= 11 is 0. The van der Waals surface area contributed by atoms with Crippen molar-refractivity contribution in [1.29, 1.82) is 0 Å². The van der Waals surface area contributed by atoms with E-state index >= 15 is 0 Å². The Kier molecular flexibility index (Phi) is 25.0. The zero-order chi connectivity index (χ0) is 16.5. The molecule has 0 spiro atoms. The van der Waals surface area contributed by atoms with E-state index in [-0.39, 0.29) is 38.5 Å². The summed E-state index contributed by atoms with van der Waals surface area (Å²) in [5.74, 6) is 0.140. The summed E-state index contributed by atoms with van der Waals surface area (Å²) in [5, 5.41) is 0. The summed E-state index contributed by atoms with van der Waals surface area (Å²) < 4.78 is 0. The molecule has 0 aromatic heterocycles. The van der Waals surface area contributed by atoms with Gasteiger partial charge >= 0.3 is 0 Å². The SMILES string of the molecule is CC.CC.[CH2-]CN(C[CH2-])CCC(=O)C=Cc1ccccc1.[Y]. The third-order valence-corrected chi connectivity index (χ3v) is 2.57. The van der Waals surface area contributed by atoms with E-state index in [4.69, 9.17) is 0 Å². The van der Waals surface area contributed by atoms with Gasteiger partial charge in [0.05, 0.1) is 0 Å². The quantitative estimate of drug-likeness (QED) is 0.507. The number of benzene rings is 1. The summed E-state index contributed by atoms with van der Waals surface area (Å²) in [6, 6.07) is 9.82. The number of carbonyl (C=O) groups excluding carboxylic acids is 1. The molecule has 0 bridgehead atoms. The number of hydrogen-bond acceptors (Lipinski definition) is 2. The molecule has 0 aliphatic rings. The Hall–Kier alpha value is -0.306. The van der Waals surface area contributed by atoms with Crippen molar-refractivity contribution < 1.29 is 37.5 Å². The first-order valence-electron chi connectivity index (χ1n) is 7.83. The van der Waals surface area contributed by atoms with Gasteiger partial charge in [0.25, 0.3) is 0 Å². The standard InChI is InChI=1S/C15H19NO.2C2H6.Y/c1-3-16(4-2)13-12-15(17)11-10-14-8-6-5-7-9-14;2*1-2;/h5-11H,1-4,12-13H2;2*1-2H3;/q-2;;;. The minimum absolute atomic E-state index is 0. The van der Waals surface area contributed by atoms with Gasteiger partial charge in [0.15, 0.2) is 5.78 Å². The number of ketones is 1. The van der Waals surface area contributed by atoms with Crippen LogP contribution in [0.4, 0.5) is 0 Å². The first kappa shape index (κ1) is 26.6. The molecule has 123 valence electrons. The molecule has 1 aromatic carbocycles. The van der Waals surface area contributed by atoms with E-state index in [0.29, 0.717) is 19.5 Å². The smallest absolute Gasteiger partial charge is 0.156 e. The first-order valence-corrected chi connectivity index (χ1v) is 7.83. The van der Waals surface area contributed by atoms with Crippen LogP contribution in [0.3, 0.4) is 0 Å². The Bertz CT molecular complexity index is 359. The van der Waals surface area contributed by atoms with Gasteiger partial charge in [-0.3, -0.25) is 4.79 Å². The van der Waals surface area contributed by atoms with Crippen LogP contribution in [0.2, 0.25) is 0 Å². The molecule has 1 aromatic rings. The van der Waals surface area contributed by atoms with Crippen LogP contribution in [0.1, 0.15) is 39.7 Å². The van der Waals surface area contributed by atoms with Gasteiger partial charge in [-0.05, 0) is 18.2 Å². The molecule has 0 amide bonds. The van der Waals surface area contributed by atoms with Gasteiger partial charge in [-0.25, -0.2) is 0 Å². The third-order valence-electron chi connectivity index (χ3n) is 2.57. The Morgan fingerprint density at radius 3 is 2.00 bits per heavy atom. The fourth-order valence-corrected chi connectivity index (χ4v) is 1.44. The van der Waals surface area contributed by atoms with Crippen LogP contribution >= 0.6 is 0 Å². The average molecular weight is 378 g/mol. The molecule has 0 heterocycles. The summed E-state index contributed by atoms with van der Waals surface area (Å²) in [6.07, 6.45) is 4.01. The average Bonchev–Trinajstić information content (AvgIpc) is 2.58. The van der Waals surface area contributed by atoms with Gasteiger partial charge in [-0.1, -0.05) is 64.1 Å². The third kappa shape index (κ3) is 14.6. The van der Waals surface area contributed by atoms with Crippen molar-refractivity contribution in [2.75, 3.05) is 19.6 Å². The van der Waals surface area contributed by atoms with E-state index in [2.05, 4.69) is 13.8 Å². The Morgan fingerprint density at radius 2 is 1.55 bits per heavy atom. The molecule has 0 fully saturated rings. The van der Waals surface area contributed by atoms with E-state index < -0.39 is 0 Å². The molecule has 3 heteroatoms. The molecular weight excluding hydrogens is 347 g/mol. The second-order valence-electron chi connectivity index (χ2n) is 3.80. The number of rotatable bonds is 7. The number of hydrogen-bond donors (Lipinski definition) is 0. The molecule has 0 aliphatic carbocycles. The van der Waals surface area contributed by atoms with E-state index in [1.807, 2.05) is 69.0 Å². The van der Waals surface area contributed by atoms with Crippen molar-refractivity contribution in [3.05, 3.63) is 55.8 Å². The first-order chi connectivity index (χ1) is 10.3. The molecule has 0 N–H and O–H groups in total. The van der Waals surface area contributed by atoms with Crippen molar-refractivity contribution in [2.24, 2.45) is 0 Å². The summed E-state index contributed by atoms with van der Waals surface area (Å²) in [5.41, 5.74) is 1.05. The fraction of sp³-hybridized carbons (Fsp3) is 0.421. The largest absolute Gasteiger partial charge is 0.362 e. The van der Waals surface area contributed by atoms with Gasteiger partial charge in [0, 0.05) is 39.1 Å². The Morgan fingerprint density at radius 1 is 1.05 bits per heavy atom. The van der Waals surface area contributed by atoms with Gasteiger partial charge in [-0.2, -0.15) is 0 Å². The molecule has 0 unspecified atom stereocenters. The molecule has 2 nitrogen and oxygen atoms in total. The molecule has 0 saturated carbocycles. The molecule has 0 aliphatic heterocycles. The second kappa shape index (κ2) is 20.7. The van der Waals surface area contributed by atoms with Crippen LogP contribution in [-0.4, -0.2) is 30.3 Å². The van der Waals surface area contributed by atoms with Gasteiger partial charge in [0.2, 0.25) is 0 Å². The van der Waals surface area contributed by atoms with Crippen LogP contribution in [0.25, 0.3) is 6.08 Å². The minimum Gasteiger partial charge on any atom is -0.362 e. The van der Waals surface area contributed by atoms with Crippen LogP contribution in [-0.2, 0) is 37.5 Å². The topological polar surface area (TPSA) is 20.3 Å². The number of nitrogens with zero attached hydrogens (tertiary/aromatic N) is 1. The fourth-order valence-electron chi connectivity index (χ4n) is 1.44. The maximum absolute atomic E-state index is 11.6. The predicted octanol–water partition coefficient (Wildman–Crippen LogP) is 4.68. The molecular formula is C19H31NOY-2. The normalized spacial score (nSPS) is 9.23. The number of allylic oxidation sites excluding steroid dienone is 1. The van der Waals surface area contributed by atoms with Crippen molar-refractivity contribution in [1.82, 2.24) is 4.90 Å². The van der Waals surface area contributed by atoms with Crippen LogP contribution in [0, 0.1) is 13.8 Å². The van der Waals surface area contributed by atoms with Gasteiger partial charge in [-0.15, -0.1) is 13.1 Å². The molecule has 22 heavy (non-hydrogen) atoms. The molecule has 1 radical (unpaired) electrons. The molecule has 0 atom stereocenters. The van der Waals surface area contributed by atoms with Gasteiger partial charge in [0.1, 0.15) is 0 Å². The van der Waals surface area contributed by atoms with Crippen molar-refractivity contribution >= 4 is 11.9 Å². The van der Waals surface area contributed by atoms with Crippen molar-refractivity contribution in [3.63, 3.8) is 0 Å². The van der Waals surface area contributed by atoms with Crippen LogP contribution < -0.4 is 0 Å². The summed E-state index contributed by atoms with van der Waals surface area (Å²) in [7, 11) is 0. The molecule has 1 rings (SSSR count). The summed E-state index contributed by atoms with van der Waals surface area (Å²) in [6.45, 7) is 17.7. The monoisotopic (exact) mass is 378 g/mol. The molecule has 0 saturated heterocycles. The predicted molar refractivity (Wildman–Crippen MR) is 95.0 cm³/mol. The van der Waals surface area contributed by atoms with Gasteiger partial charge < -0.3 is 18.7 Å². The van der Waals surface area contributed by atoms with Crippen LogP contribution in [0.5, 0.6) is 0 Å². The Labute approximate surface area is 163 Å². The van der Waals surface area contributed by atoms with E-state index in [0.717, 1.165) is 12.1 Å².